The number of aliphatic carboxylic acids is 1. The molecule has 1 atom stereocenters. The molecule has 1 unspecified atom stereocenters. The quantitative estimate of drug-likeness (QED) is 0.731. The van der Waals surface area contributed by atoms with Crippen LogP contribution >= 0.6 is 11.8 Å². The molecule has 1 spiro atoms. The molecular formula is C20H23F3N4O4S. The van der Waals surface area contributed by atoms with E-state index in [9.17, 15) is 18.0 Å². The largest absolute Gasteiger partial charge is 0.490 e. The van der Waals surface area contributed by atoms with Crippen LogP contribution in [-0.2, 0) is 11.3 Å². The van der Waals surface area contributed by atoms with Crippen molar-refractivity contribution in [2.45, 2.75) is 43.8 Å². The maximum Gasteiger partial charge on any atom is 0.490 e. The average Bonchev–Trinajstić information content (AvgIpc) is 3.30. The molecule has 174 valence electrons. The van der Waals surface area contributed by atoms with Crippen LogP contribution in [0.2, 0.25) is 0 Å². The summed E-state index contributed by atoms with van der Waals surface area (Å²) in [5, 5.41) is 11.5. The molecule has 4 rings (SSSR count). The van der Waals surface area contributed by atoms with Gasteiger partial charge in [-0.25, -0.2) is 4.79 Å². The van der Waals surface area contributed by atoms with Crippen molar-refractivity contribution >= 4 is 23.6 Å². The number of carboxylic acid groups (broad SMARTS) is 1. The standard InChI is InChI=1S/C18H22N4O2S.C2HF3O2/c1-3-22-16(7-13(2)20-22)17(23)21-11-18(12-21)8-15(10-25-18)24-14-5-4-6-19-9-14;3-2(4,5)1(6)7/h4-7,9,15H,3,8,10-12H2,1-2H3;(H,6,7). The number of amides is 1. The third-order valence-corrected chi connectivity index (χ3v) is 6.60. The number of alkyl halides is 3. The monoisotopic (exact) mass is 472 g/mol. The van der Waals surface area contributed by atoms with E-state index in [1.54, 1.807) is 17.1 Å². The third-order valence-electron chi connectivity index (χ3n) is 5.02. The highest BCUT2D eigenvalue weighted by molar-refractivity contribution is 8.01. The van der Waals surface area contributed by atoms with E-state index < -0.39 is 12.1 Å². The van der Waals surface area contributed by atoms with E-state index in [0.29, 0.717) is 12.2 Å². The second kappa shape index (κ2) is 9.39. The maximum atomic E-state index is 12.7. The van der Waals surface area contributed by atoms with E-state index in [1.165, 1.54) is 0 Å². The zero-order valence-electron chi connectivity index (χ0n) is 17.5. The second-order valence-corrected chi connectivity index (χ2v) is 9.07. The van der Waals surface area contributed by atoms with Crippen molar-refractivity contribution in [2.24, 2.45) is 0 Å². The van der Waals surface area contributed by atoms with Gasteiger partial charge >= 0.3 is 12.1 Å². The summed E-state index contributed by atoms with van der Waals surface area (Å²) in [6.45, 7) is 6.22. The first-order valence-corrected chi connectivity index (χ1v) is 10.9. The molecule has 0 radical (unpaired) electrons. The zero-order valence-corrected chi connectivity index (χ0v) is 18.3. The number of carboxylic acids is 1. The number of hydrogen-bond donors (Lipinski definition) is 1. The number of carbonyl (C=O) groups is 2. The van der Waals surface area contributed by atoms with Crippen LogP contribution in [0.5, 0.6) is 5.75 Å². The Labute approximate surface area is 186 Å². The number of rotatable bonds is 4. The van der Waals surface area contributed by atoms with Gasteiger partial charge in [0.05, 0.1) is 16.6 Å². The summed E-state index contributed by atoms with van der Waals surface area (Å²) >= 11 is 1.93. The maximum absolute atomic E-state index is 12.7. The molecule has 0 bridgehead atoms. The van der Waals surface area contributed by atoms with Gasteiger partial charge in [0.2, 0.25) is 0 Å². The van der Waals surface area contributed by atoms with Crippen LogP contribution in [0.25, 0.3) is 0 Å². The summed E-state index contributed by atoms with van der Waals surface area (Å²) in [6.07, 6.45) is -0.423. The predicted octanol–water partition coefficient (Wildman–Crippen LogP) is 3.02. The number of halogens is 3. The Morgan fingerprint density at radius 3 is 2.62 bits per heavy atom. The number of aromatic nitrogens is 3. The van der Waals surface area contributed by atoms with Gasteiger partial charge in [-0.3, -0.25) is 14.5 Å². The fourth-order valence-electron chi connectivity index (χ4n) is 3.62. The SMILES string of the molecule is CCn1nc(C)cc1C(=O)N1CC2(CC(Oc3cccnc3)CS2)C1.O=C(O)C(F)(F)F. The van der Waals surface area contributed by atoms with Crippen molar-refractivity contribution in [1.82, 2.24) is 19.7 Å². The van der Waals surface area contributed by atoms with Crippen LogP contribution in [-0.4, -0.2) is 72.5 Å². The highest BCUT2D eigenvalue weighted by Crippen LogP contribution is 2.46. The lowest BCUT2D eigenvalue weighted by atomic mass is 9.92. The third kappa shape index (κ3) is 5.53. The van der Waals surface area contributed by atoms with Gasteiger partial charge in [-0.2, -0.15) is 18.3 Å². The Morgan fingerprint density at radius 2 is 2.06 bits per heavy atom. The van der Waals surface area contributed by atoms with Gasteiger partial charge < -0.3 is 14.7 Å². The van der Waals surface area contributed by atoms with Crippen molar-refractivity contribution in [2.75, 3.05) is 18.8 Å². The van der Waals surface area contributed by atoms with Crippen LogP contribution in [0.3, 0.4) is 0 Å². The molecule has 2 fully saturated rings. The van der Waals surface area contributed by atoms with Crippen LogP contribution in [0.1, 0.15) is 29.5 Å². The van der Waals surface area contributed by atoms with E-state index >= 15 is 0 Å². The molecule has 1 N–H and O–H groups in total. The fraction of sp³-hybridized carbons (Fsp3) is 0.500. The molecular weight excluding hydrogens is 449 g/mol. The van der Waals surface area contributed by atoms with Gasteiger partial charge in [-0.05, 0) is 32.0 Å². The number of ether oxygens (including phenoxy) is 1. The number of likely N-dealkylation sites (tertiary alicyclic amines) is 1. The van der Waals surface area contributed by atoms with Crippen LogP contribution in [0.15, 0.2) is 30.6 Å². The number of aryl methyl sites for hydroxylation is 2. The van der Waals surface area contributed by atoms with Gasteiger partial charge in [0.1, 0.15) is 17.5 Å². The van der Waals surface area contributed by atoms with Gasteiger partial charge in [-0.1, -0.05) is 0 Å². The molecule has 0 aromatic carbocycles. The molecule has 1 amide bonds. The number of pyridine rings is 1. The fourth-order valence-corrected chi connectivity index (χ4v) is 5.14. The zero-order chi connectivity index (χ0) is 23.5. The minimum absolute atomic E-state index is 0.0882. The summed E-state index contributed by atoms with van der Waals surface area (Å²) in [5.74, 6) is -0.888. The topological polar surface area (TPSA) is 97.5 Å². The average molecular weight is 472 g/mol. The van der Waals surface area contributed by atoms with Crippen molar-refractivity contribution in [3.05, 3.63) is 42.0 Å². The van der Waals surface area contributed by atoms with E-state index in [0.717, 1.165) is 36.7 Å². The number of carbonyl (C=O) groups excluding carboxylic acids is 1. The normalized spacial score (nSPS) is 19.2. The Kier molecular flexibility index (Phi) is 7.01. The Balaban J connectivity index is 0.000000360. The molecule has 2 aromatic heterocycles. The molecule has 2 aliphatic rings. The molecule has 2 aromatic rings. The lowest BCUT2D eigenvalue weighted by molar-refractivity contribution is -0.192. The Morgan fingerprint density at radius 1 is 1.38 bits per heavy atom. The predicted molar refractivity (Wildman–Crippen MR) is 111 cm³/mol. The van der Waals surface area contributed by atoms with Crippen molar-refractivity contribution in [3.8, 4) is 5.75 Å². The molecule has 8 nitrogen and oxygen atoms in total. The van der Waals surface area contributed by atoms with Crippen LogP contribution < -0.4 is 4.74 Å². The summed E-state index contributed by atoms with van der Waals surface area (Å²) in [4.78, 5) is 27.7. The van der Waals surface area contributed by atoms with Gasteiger partial charge in [0.25, 0.3) is 5.91 Å². The minimum Gasteiger partial charge on any atom is -0.488 e. The number of nitrogens with zero attached hydrogens (tertiary/aromatic N) is 4. The first kappa shape index (κ1) is 23.9. The molecule has 2 aliphatic heterocycles. The van der Waals surface area contributed by atoms with Crippen LogP contribution in [0.4, 0.5) is 13.2 Å². The van der Waals surface area contributed by atoms with Crippen molar-refractivity contribution in [1.29, 1.82) is 0 Å². The van der Waals surface area contributed by atoms with E-state index in [2.05, 4.69) is 10.1 Å². The van der Waals surface area contributed by atoms with Crippen molar-refractivity contribution in [3.63, 3.8) is 0 Å². The first-order chi connectivity index (χ1) is 15.0. The highest BCUT2D eigenvalue weighted by atomic mass is 32.2. The second-order valence-electron chi connectivity index (χ2n) is 7.58. The highest BCUT2D eigenvalue weighted by Gasteiger charge is 2.51. The summed E-state index contributed by atoms with van der Waals surface area (Å²) in [7, 11) is 0. The summed E-state index contributed by atoms with van der Waals surface area (Å²) in [5.41, 5.74) is 1.58. The lowest BCUT2D eigenvalue weighted by Gasteiger charge is -2.47. The van der Waals surface area contributed by atoms with E-state index in [-0.39, 0.29) is 16.8 Å². The molecule has 0 aliphatic carbocycles. The lowest BCUT2D eigenvalue weighted by Crippen LogP contribution is -2.61. The molecule has 0 saturated carbocycles. The van der Waals surface area contributed by atoms with E-state index in [4.69, 9.17) is 14.6 Å². The molecule has 4 heterocycles. The summed E-state index contributed by atoms with van der Waals surface area (Å²) in [6, 6.07) is 5.70. The molecule has 32 heavy (non-hydrogen) atoms. The van der Waals surface area contributed by atoms with E-state index in [1.807, 2.05) is 48.7 Å². The summed E-state index contributed by atoms with van der Waals surface area (Å²) < 4.78 is 39.7. The number of hydrogen-bond acceptors (Lipinski definition) is 6. The van der Waals surface area contributed by atoms with Gasteiger partial charge in [0.15, 0.2) is 0 Å². The van der Waals surface area contributed by atoms with Crippen molar-refractivity contribution < 1.29 is 32.6 Å². The van der Waals surface area contributed by atoms with Gasteiger partial charge in [-0.15, -0.1) is 11.8 Å². The Hall–Kier alpha value is -2.76. The Bertz CT molecular complexity index is 961. The van der Waals surface area contributed by atoms with Crippen LogP contribution in [0, 0.1) is 6.92 Å². The molecule has 2 saturated heterocycles. The number of thioether (sulfide) groups is 1. The molecule has 12 heteroatoms. The van der Waals surface area contributed by atoms with Gasteiger partial charge in [0, 0.05) is 38.0 Å². The minimum atomic E-state index is -5.08. The smallest absolute Gasteiger partial charge is 0.488 e. The first-order valence-electron chi connectivity index (χ1n) is 9.87.